The van der Waals surface area contributed by atoms with E-state index in [1.807, 2.05) is 30.3 Å². The van der Waals surface area contributed by atoms with Crippen LogP contribution in [-0.2, 0) is 25.4 Å². The van der Waals surface area contributed by atoms with Gasteiger partial charge in [-0.1, -0.05) is 51.1 Å². The molecule has 0 aromatic heterocycles. The van der Waals surface area contributed by atoms with Crippen molar-refractivity contribution in [3.8, 4) is 0 Å². The summed E-state index contributed by atoms with van der Waals surface area (Å²) in [6.45, 7) is 7.17. The van der Waals surface area contributed by atoms with Crippen LogP contribution < -0.4 is 0 Å². The standard InChI is InChI=1S/C22H30O4/c1-21(2)16-10-11-22(21,3)19-15(16)13-18(26-19)25-17(20(23)24-4)12-14-8-6-5-7-9-14/h5-9,15-19H,10-13H2,1-4H3/t15-,16-,17+,18-,19-,22+/m1/s1. The van der Waals surface area contributed by atoms with Gasteiger partial charge in [0.05, 0.1) is 13.2 Å². The average molecular weight is 358 g/mol. The Morgan fingerprint density at radius 2 is 2.00 bits per heavy atom. The molecule has 0 amide bonds. The molecular weight excluding hydrogens is 328 g/mol. The summed E-state index contributed by atoms with van der Waals surface area (Å²) in [7, 11) is 1.41. The Kier molecular flexibility index (Phi) is 4.39. The van der Waals surface area contributed by atoms with Gasteiger partial charge in [0.2, 0.25) is 0 Å². The van der Waals surface area contributed by atoms with Gasteiger partial charge < -0.3 is 14.2 Å². The smallest absolute Gasteiger partial charge is 0.335 e. The number of ether oxygens (including phenoxy) is 3. The summed E-state index contributed by atoms with van der Waals surface area (Å²) >= 11 is 0. The molecule has 1 aliphatic heterocycles. The van der Waals surface area contributed by atoms with E-state index in [2.05, 4.69) is 20.8 Å². The molecule has 6 atom stereocenters. The minimum absolute atomic E-state index is 0.209. The van der Waals surface area contributed by atoms with Gasteiger partial charge in [-0.2, -0.15) is 0 Å². The van der Waals surface area contributed by atoms with Crippen molar-refractivity contribution < 1.29 is 19.0 Å². The Bertz CT molecular complexity index is 670. The van der Waals surface area contributed by atoms with Gasteiger partial charge in [0.25, 0.3) is 0 Å². The predicted molar refractivity (Wildman–Crippen MR) is 98.4 cm³/mol. The molecule has 4 rings (SSSR count). The number of fused-ring (bicyclic) bond motifs is 5. The van der Waals surface area contributed by atoms with Crippen LogP contribution in [0.4, 0.5) is 0 Å². The van der Waals surface area contributed by atoms with Gasteiger partial charge in [-0.15, -0.1) is 0 Å². The van der Waals surface area contributed by atoms with Crippen LogP contribution in [0, 0.1) is 22.7 Å². The highest BCUT2D eigenvalue weighted by atomic mass is 16.7. The van der Waals surface area contributed by atoms with Crippen molar-refractivity contribution in [3.63, 3.8) is 0 Å². The van der Waals surface area contributed by atoms with Crippen LogP contribution in [0.3, 0.4) is 0 Å². The number of rotatable bonds is 5. The summed E-state index contributed by atoms with van der Waals surface area (Å²) in [5.74, 6) is 0.907. The Balaban J connectivity index is 1.46. The highest BCUT2D eigenvalue weighted by Gasteiger charge is 2.69. The topological polar surface area (TPSA) is 44.8 Å². The molecule has 2 bridgehead atoms. The van der Waals surface area contributed by atoms with E-state index in [1.165, 1.54) is 20.0 Å². The lowest BCUT2D eigenvalue weighted by molar-refractivity contribution is -0.199. The maximum atomic E-state index is 12.3. The van der Waals surface area contributed by atoms with Crippen molar-refractivity contribution in [1.29, 1.82) is 0 Å². The number of benzene rings is 1. The third kappa shape index (κ3) is 2.61. The molecule has 4 heteroatoms. The maximum Gasteiger partial charge on any atom is 0.335 e. The molecule has 1 aromatic carbocycles. The van der Waals surface area contributed by atoms with E-state index in [-0.39, 0.29) is 23.8 Å². The van der Waals surface area contributed by atoms with E-state index in [0.29, 0.717) is 23.7 Å². The SMILES string of the molecule is COC(=O)[C@H](Cc1ccccc1)O[C@H]1C[C@@H]2[C@H]3CC[C@@](C)([C@@H]2O1)C3(C)C. The lowest BCUT2D eigenvalue weighted by atomic mass is 9.70. The van der Waals surface area contributed by atoms with Crippen LogP contribution in [0.5, 0.6) is 0 Å². The van der Waals surface area contributed by atoms with Gasteiger partial charge in [-0.05, 0) is 41.1 Å². The van der Waals surface area contributed by atoms with Crippen molar-refractivity contribution >= 4 is 5.97 Å². The van der Waals surface area contributed by atoms with Crippen LogP contribution in [0.15, 0.2) is 30.3 Å². The second-order valence-corrected chi connectivity index (χ2v) is 9.01. The minimum Gasteiger partial charge on any atom is -0.467 e. The number of hydrogen-bond donors (Lipinski definition) is 0. The van der Waals surface area contributed by atoms with Crippen LogP contribution in [-0.4, -0.2) is 31.6 Å². The fraction of sp³-hybridized carbons (Fsp3) is 0.682. The maximum absolute atomic E-state index is 12.3. The third-order valence-electron chi connectivity index (χ3n) is 7.71. The van der Waals surface area contributed by atoms with Crippen molar-refractivity contribution in [2.75, 3.05) is 7.11 Å². The Morgan fingerprint density at radius 3 is 2.65 bits per heavy atom. The first-order valence-corrected chi connectivity index (χ1v) is 9.79. The fourth-order valence-electron chi connectivity index (χ4n) is 5.90. The Labute approximate surface area is 156 Å². The second kappa shape index (κ2) is 6.35. The lowest BCUT2D eigenvalue weighted by Gasteiger charge is -2.38. The molecule has 26 heavy (non-hydrogen) atoms. The first-order valence-electron chi connectivity index (χ1n) is 9.79. The molecule has 1 aromatic rings. The fourth-order valence-corrected chi connectivity index (χ4v) is 5.90. The highest BCUT2D eigenvalue weighted by molar-refractivity contribution is 5.75. The monoisotopic (exact) mass is 358 g/mol. The number of carbonyl (C=O) groups is 1. The molecule has 4 nitrogen and oxygen atoms in total. The third-order valence-corrected chi connectivity index (χ3v) is 7.71. The lowest BCUT2D eigenvalue weighted by Crippen LogP contribution is -2.39. The molecule has 0 radical (unpaired) electrons. The summed E-state index contributed by atoms with van der Waals surface area (Å²) in [5, 5.41) is 0. The summed E-state index contributed by atoms with van der Waals surface area (Å²) in [6, 6.07) is 9.93. The van der Waals surface area contributed by atoms with E-state index in [4.69, 9.17) is 14.2 Å². The van der Waals surface area contributed by atoms with E-state index in [9.17, 15) is 4.79 Å². The van der Waals surface area contributed by atoms with E-state index < -0.39 is 6.10 Å². The minimum atomic E-state index is -0.621. The molecule has 2 aliphatic carbocycles. The van der Waals surface area contributed by atoms with Crippen LogP contribution in [0.25, 0.3) is 0 Å². The zero-order valence-corrected chi connectivity index (χ0v) is 16.2. The van der Waals surface area contributed by atoms with Gasteiger partial charge in [0, 0.05) is 12.8 Å². The molecule has 142 valence electrons. The zero-order valence-electron chi connectivity index (χ0n) is 16.2. The number of esters is 1. The summed E-state index contributed by atoms with van der Waals surface area (Å²) in [5.41, 5.74) is 1.59. The van der Waals surface area contributed by atoms with Gasteiger partial charge in [-0.25, -0.2) is 4.79 Å². The summed E-state index contributed by atoms with van der Waals surface area (Å²) in [6.07, 6.45) is 3.22. The van der Waals surface area contributed by atoms with Crippen molar-refractivity contribution in [2.45, 2.75) is 65.0 Å². The van der Waals surface area contributed by atoms with Crippen molar-refractivity contribution in [3.05, 3.63) is 35.9 Å². The largest absolute Gasteiger partial charge is 0.467 e. The summed E-state index contributed by atoms with van der Waals surface area (Å²) in [4.78, 5) is 12.3. The molecule has 3 fully saturated rings. The van der Waals surface area contributed by atoms with Crippen LogP contribution in [0.2, 0.25) is 0 Å². The molecule has 1 heterocycles. The number of methoxy groups -OCH3 is 1. The number of hydrogen-bond acceptors (Lipinski definition) is 4. The first-order chi connectivity index (χ1) is 12.4. The Morgan fingerprint density at radius 1 is 1.27 bits per heavy atom. The molecule has 0 unspecified atom stereocenters. The summed E-state index contributed by atoms with van der Waals surface area (Å²) < 4.78 is 17.5. The second-order valence-electron chi connectivity index (χ2n) is 9.01. The average Bonchev–Trinajstić information content (AvgIpc) is 3.19. The van der Waals surface area contributed by atoms with Gasteiger partial charge >= 0.3 is 5.97 Å². The van der Waals surface area contributed by atoms with Gasteiger partial charge in [0.15, 0.2) is 12.4 Å². The molecule has 1 saturated heterocycles. The zero-order chi connectivity index (χ0) is 18.5. The first kappa shape index (κ1) is 18.0. The van der Waals surface area contributed by atoms with Crippen molar-refractivity contribution in [2.24, 2.45) is 22.7 Å². The van der Waals surface area contributed by atoms with Gasteiger partial charge in [0.1, 0.15) is 0 Å². The highest BCUT2D eigenvalue weighted by Crippen LogP contribution is 2.71. The van der Waals surface area contributed by atoms with Crippen molar-refractivity contribution in [1.82, 2.24) is 0 Å². The molecule has 0 spiro atoms. The van der Waals surface area contributed by atoms with E-state index >= 15 is 0 Å². The number of carbonyl (C=O) groups excluding carboxylic acids is 1. The predicted octanol–water partition coefficient (Wildman–Crippen LogP) is 3.97. The quantitative estimate of drug-likeness (QED) is 0.747. The van der Waals surface area contributed by atoms with Crippen LogP contribution in [0.1, 0.15) is 45.6 Å². The van der Waals surface area contributed by atoms with Gasteiger partial charge in [-0.3, -0.25) is 0 Å². The Hall–Kier alpha value is -1.39. The molecule has 3 aliphatic rings. The van der Waals surface area contributed by atoms with E-state index in [1.54, 1.807) is 0 Å². The normalized spacial score (nSPS) is 38.2. The molecule has 0 N–H and O–H groups in total. The van der Waals surface area contributed by atoms with Crippen LogP contribution >= 0.6 is 0 Å². The molecular formula is C22H30O4. The molecule has 2 saturated carbocycles. The van der Waals surface area contributed by atoms with E-state index in [0.717, 1.165) is 12.0 Å².